The highest BCUT2D eigenvalue weighted by Crippen LogP contribution is 2.30. The van der Waals surface area contributed by atoms with E-state index in [0.29, 0.717) is 36.6 Å². The SMILES string of the molecule is CCCNC(=O)[C@@H](Cc1ccccc1)N(Cc1ccc(F)cc1)C(=O)CCCN(c1ccccc1OCC)S(C)(=O)=O. The monoisotopic (exact) mass is 597 g/mol. The van der Waals surface area contributed by atoms with Gasteiger partial charge in [0.15, 0.2) is 0 Å². The summed E-state index contributed by atoms with van der Waals surface area (Å²) in [6.45, 7) is 4.74. The first-order valence-electron chi connectivity index (χ1n) is 14.2. The quantitative estimate of drug-likeness (QED) is 0.253. The number of anilines is 1. The average Bonchev–Trinajstić information content (AvgIpc) is 2.97. The van der Waals surface area contributed by atoms with Crippen LogP contribution in [0.5, 0.6) is 5.75 Å². The van der Waals surface area contributed by atoms with Gasteiger partial charge in [0.25, 0.3) is 0 Å². The van der Waals surface area contributed by atoms with Crippen molar-refractivity contribution < 1.29 is 27.1 Å². The van der Waals surface area contributed by atoms with E-state index in [1.54, 1.807) is 36.4 Å². The summed E-state index contributed by atoms with van der Waals surface area (Å²) in [7, 11) is -3.68. The molecule has 0 saturated carbocycles. The molecular weight excluding hydrogens is 557 g/mol. The zero-order valence-corrected chi connectivity index (χ0v) is 25.3. The summed E-state index contributed by atoms with van der Waals surface area (Å²) < 4.78 is 46.1. The highest BCUT2D eigenvalue weighted by atomic mass is 32.2. The fourth-order valence-electron chi connectivity index (χ4n) is 4.63. The molecule has 2 amide bonds. The second kappa shape index (κ2) is 15.9. The number of nitrogens with one attached hydrogen (secondary N) is 1. The number of benzene rings is 3. The minimum Gasteiger partial charge on any atom is -0.492 e. The van der Waals surface area contributed by atoms with Crippen LogP contribution in [0.15, 0.2) is 78.9 Å². The summed E-state index contributed by atoms with van der Waals surface area (Å²) in [6, 6.07) is 21.3. The van der Waals surface area contributed by atoms with Crippen molar-refractivity contribution >= 4 is 27.5 Å². The van der Waals surface area contributed by atoms with E-state index in [2.05, 4.69) is 5.32 Å². The first kappa shape index (κ1) is 32.6. The van der Waals surface area contributed by atoms with Gasteiger partial charge in [0.05, 0.1) is 18.6 Å². The van der Waals surface area contributed by atoms with Gasteiger partial charge in [0, 0.05) is 32.5 Å². The third-order valence-electron chi connectivity index (χ3n) is 6.67. The van der Waals surface area contributed by atoms with Crippen molar-refractivity contribution in [1.82, 2.24) is 10.2 Å². The van der Waals surface area contributed by atoms with E-state index < -0.39 is 21.9 Å². The maximum atomic E-state index is 13.8. The topological polar surface area (TPSA) is 96.0 Å². The van der Waals surface area contributed by atoms with Gasteiger partial charge < -0.3 is 15.0 Å². The Morgan fingerprint density at radius 1 is 0.929 bits per heavy atom. The van der Waals surface area contributed by atoms with Crippen LogP contribution in [0, 0.1) is 5.82 Å². The molecular formula is C32H40FN3O5S. The van der Waals surface area contributed by atoms with Crippen molar-refractivity contribution in [3.8, 4) is 5.75 Å². The maximum absolute atomic E-state index is 13.8. The maximum Gasteiger partial charge on any atom is 0.243 e. The first-order valence-corrected chi connectivity index (χ1v) is 16.0. The largest absolute Gasteiger partial charge is 0.492 e. The van der Waals surface area contributed by atoms with Gasteiger partial charge >= 0.3 is 0 Å². The van der Waals surface area contributed by atoms with Crippen LogP contribution in [-0.4, -0.2) is 57.1 Å². The molecule has 0 saturated heterocycles. The number of carbonyl (C=O) groups is 2. The molecule has 0 aromatic heterocycles. The number of hydrogen-bond donors (Lipinski definition) is 1. The smallest absolute Gasteiger partial charge is 0.243 e. The van der Waals surface area contributed by atoms with Crippen LogP contribution in [0.3, 0.4) is 0 Å². The molecule has 8 nitrogen and oxygen atoms in total. The average molecular weight is 598 g/mol. The number of sulfonamides is 1. The zero-order valence-electron chi connectivity index (χ0n) is 24.5. The van der Waals surface area contributed by atoms with Gasteiger partial charge in [0.2, 0.25) is 21.8 Å². The standard InChI is InChI=1S/C32H40FN3O5S/c1-4-21-34-32(38)29(23-25-12-7-6-8-13-25)35(24-26-17-19-27(33)20-18-26)31(37)16-11-22-36(42(3,39)40)28-14-9-10-15-30(28)41-5-2/h6-10,12-15,17-20,29H,4-5,11,16,21-24H2,1-3H3,(H,34,38)/t29-/m1/s1. The Hall–Kier alpha value is -3.92. The minimum absolute atomic E-state index is 0.00361. The molecule has 0 aliphatic heterocycles. The predicted molar refractivity (Wildman–Crippen MR) is 163 cm³/mol. The molecule has 1 N–H and O–H groups in total. The summed E-state index contributed by atoms with van der Waals surface area (Å²) in [5.41, 5.74) is 1.97. The highest BCUT2D eigenvalue weighted by molar-refractivity contribution is 7.92. The molecule has 3 aromatic rings. The van der Waals surface area contributed by atoms with Crippen LogP contribution in [0.2, 0.25) is 0 Å². The molecule has 0 unspecified atom stereocenters. The molecule has 3 aromatic carbocycles. The van der Waals surface area contributed by atoms with Crippen LogP contribution in [0.4, 0.5) is 10.1 Å². The Labute approximate surface area is 248 Å². The molecule has 0 heterocycles. The number of nitrogens with zero attached hydrogens (tertiary/aromatic N) is 2. The van der Waals surface area contributed by atoms with Crippen molar-refractivity contribution in [2.45, 2.75) is 52.1 Å². The molecule has 0 radical (unpaired) electrons. The Morgan fingerprint density at radius 2 is 1.60 bits per heavy atom. The number of carbonyl (C=O) groups excluding carboxylic acids is 2. The van der Waals surface area contributed by atoms with E-state index in [4.69, 9.17) is 4.74 Å². The molecule has 0 bridgehead atoms. The molecule has 0 fully saturated rings. The van der Waals surface area contributed by atoms with E-state index in [1.807, 2.05) is 44.2 Å². The second-order valence-electron chi connectivity index (χ2n) is 9.98. The molecule has 0 aliphatic carbocycles. The molecule has 10 heteroatoms. The van der Waals surface area contributed by atoms with Gasteiger partial charge in [-0.25, -0.2) is 12.8 Å². The normalized spacial score (nSPS) is 11.9. The molecule has 0 spiro atoms. The van der Waals surface area contributed by atoms with E-state index in [0.717, 1.165) is 18.2 Å². The Balaban J connectivity index is 1.88. The van der Waals surface area contributed by atoms with Crippen molar-refractivity contribution in [1.29, 1.82) is 0 Å². The van der Waals surface area contributed by atoms with Crippen LogP contribution < -0.4 is 14.4 Å². The van der Waals surface area contributed by atoms with Crippen LogP contribution in [0.1, 0.15) is 44.2 Å². The van der Waals surface area contributed by atoms with Crippen LogP contribution in [-0.2, 0) is 32.6 Å². The number of rotatable bonds is 16. The highest BCUT2D eigenvalue weighted by Gasteiger charge is 2.30. The predicted octanol–water partition coefficient (Wildman–Crippen LogP) is 4.94. The van der Waals surface area contributed by atoms with Gasteiger partial charge in [0.1, 0.15) is 17.6 Å². The van der Waals surface area contributed by atoms with Gasteiger partial charge in [-0.15, -0.1) is 0 Å². The van der Waals surface area contributed by atoms with Gasteiger partial charge in [-0.05, 0) is 55.2 Å². The van der Waals surface area contributed by atoms with Crippen LogP contribution >= 0.6 is 0 Å². The lowest BCUT2D eigenvalue weighted by Crippen LogP contribution is -2.50. The van der Waals surface area contributed by atoms with E-state index in [-0.39, 0.29) is 37.7 Å². The molecule has 42 heavy (non-hydrogen) atoms. The van der Waals surface area contributed by atoms with Crippen molar-refractivity contribution in [2.75, 3.05) is 30.3 Å². The van der Waals surface area contributed by atoms with E-state index in [9.17, 15) is 22.4 Å². The van der Waals surface area contributed by atoms with Crippen LogP contribution in [0.25, 0.3) is 0 Å². The number of halogens is 1. The zero-order chi connectivity index (χ0) is 30.5. The second-order valence-corrected chi connectivity index (χ2v) is 11.9. The number of amides is 2. The Kier molecular flexibility index (Phi) is 12.3. The van der Waals surface area contributed by atoms with E-state index in [1.165, 1.54) is 21.3 Å². The number of hydrogen-bond acceptors (Lipinski definition) is 5. The molecule has 226 valence electrons. The van der Waals surface area contributed by atoms with Gasteiger partial charge in [-0.1, -0.05) is 61.5 Å². The molecule has 3 rings (SSSR count). The Morgan fingerprint density at radius 3 is 2.24 bits per heavy atom. The van der Waals surface area contributed by atoms with Crippen molar-refractivity contribution in [3.63, 3.8) is 0 Å². The summed E-state index contributed by atoms with van der Waals surface area (Å²) in [4.78, 5) is 28.8. The summed E-state index contributed by atoms with van der Waals surface area (Å²) in [5, 5.41) is 2.92. The van der Waals surface area contributed by atoms with Crippen molar-refractivity contribution in [2.24, 2.45) is 0 Å². The fourth-order valence-corrected chi connectivity index (χ4v) is 5.60. The van der Waals surface area contributed by atoms with E-state index >= 15 is 0 Å². The lowest BCUT2D eigenvalue weighted by atomic mass is 10.0. The number of para-hydroxylation sites is 2. The third kappa shape index (κ3) is 9.58. The molecule has 0 aliphatic rings. The third-order valence-corrected chi connectivity index (χ3v) is 7.85. The first-order chi connectivity index (χ1) is 20.1. The van der Waals surface area contributed by atoms with Gasteiger partial charge in [-0.2, -0.15) is 0 Å². The summed E-state index contributed by atoms with van der Waals surface area (Å²) in [6.07, 6.45) is 2.35. The minimum atomic E-state index is -3.68. The fraction of sp³-hybridized carbons (Fsp3) is 0.375. The Bertz CT molecular complexity index is 1400. The molecule has 1 atom stereocenters. The lowest BCUT2D eigenvalue weighted by molar-refractivity contribution is -0.141. The summed E-state index contributed by atoms with van der Waals surface area (Å²) >= 11 is 0. The van der Waals surface area contributed by atoms with Crippen molar-refractivity contribution in [3.05, 3.63) is 95.8 Å². The lowest BCUT2D eigenvalue weighted by Gasteiger charge is -2.32. The number of ether oxygens (including phenoxy) is 1. The van der Waals surface area contributed by atoms with Gasteiger partial charge in [-0.3, -0.25) is 13.9 Å². The summed E-state index contributed by atoms with van der Waals surface area (Å²) in [5.74, 6) is -0.547.